The van der Waals surface area contributed by atoms with E-state index in [2.05, 4.69) is 18.0 Å². The van der Waals surface area contributed by atoms with Gasteiger partial charge in [0.25, 0.3) is 5.56 Å². The smallest absolute Gasteiger partial charge is 0.353 e. The fourth-order valence-electron chi connectivity index (χ4n) is 4.09. The highest BCUT2D eigenvalue weighted by atomic mass is 16.4. The predicted molar refractivity (Wildman–Crippen MR) is 119 cm³/mol. The maximum atomic E-state index is 12.6. The van der Waals surface area contributed by atoms with Crippen LogP contribution in [0.4, 0.5) is 0 Å². The van der Waals surface area contributed by atoms with Crippen molar-refractivity contribution in [3.63, 3.8) is 0 Å². The van der Waals surface area contributed by atoms with Gasteiger partial charge in [0.2, 0.25) is 0 Å². The number of fused-ring (bicyclic) bond motifs is 1. The van der Waals surface area contributed by atoms with Crippen molar-refractivity contribution in [2.24, 2.45) is 0 Å². The van der Waals surface area contributed by atoms with Crippen LogP contribution in [0.1, 0.15) is 39.7 Å². The molecule has 5 heteroatoms. The SMILES string of the molecule is CCc1ccc2c(c1)c(-c1ccc[nH]c1=O)c(C(=O)O)n2Cc1ccc(C)cc1C. The molecule has 0 fully saturated rings. The summed E-state index contributed by atoms with van der Waals surface area (Å²) in [5, 5.41) is 11.0. The largest absolute Gasteiger partial charge is 0.477 e. The van der Waals surface area contributed by atoms with Crippen molar-refractivity contribution >= 4 is 16.9 Å². The first-order valence-electron chi connectivity index (χ1n) is 10.0. The number of aromatic amines is 1. The van der Waals surface area contributed by atoms with Crippen LogP contribution in [-0.4, -0.2) is 20.6 Å². The molecule has 2 N–H and O–H groups in total. The molecule has 0 saturated carbocycles. The van der Waals surface area contributed by atoms with Crippen molar-refractivity contribution in [2.45, 2.75) is 33.7 Å². The maximum Gasteiger partial charge on any atom is 0.353 e. The molecule has 2 aromatic carbocycles. The lowest BCUT2D eigenvalue weighted by Gasteiger charge is -2.12. The van der Waals surface area contributed by atoms with Crippen LogP contribution in [0.25, 0.3) is 22.0 Å². The summed E-state index contributed by atoms with van der Waals surface area (Å²) in [4.78, 5) is 27.7. The first kappa shape index (κ1) is 19.7. The molecule has 0 radical (unpaired) electrons. The van der Waals surface area contributed by atoms with Crippen molar-refractivity contribution < 1.29 is 9.90 Å². The number of hydrogen-bond donors (Lipinski definition) is 2. The van der Waals surface area contributed by atoms with Gasteiger partial charge < -0.3 is 14.7 Å². The molecule has 0 saturated heterocycles. The number of carboxylic acids is 1. The number of aryl methyl sites for hydroxylation is 3. The summed E-state index contributed by atoms with van der Waals surface area (Å²) in [7, 11) is 0. The Kier molecular flexibility index (Phi) is 5.04. The van der Waals surface area contributed by atoms with E-state index in [-0.39, 0.29) is 11.3 Å². The highest BCUT2D eigenvalue weighted by Gasteiger charge is 2.25. The zero-order chi connectivity index (χ0) is 21.4. The van der Waals surface area contributed by atoms with E-state index in [1.54, 1.807) is 18.3 Å². The summed E-state index contributed by atoms with van der Waals surface area (Å²) in [6.07, 6.45) is 2.38. The van der Waals surface area contributed by atoms with Crippen molar-refractivity contribution in [1.82, 2.24) is 9.55 Å². The highest BCUT2D eigenvalue weighted by molar-refractivity contribution is 6.08. The number of carbonyl (C=O) groups is 1. The topological polar surface area (TPSA) is 75.1 Å². The molecule has 0 atom stereocenters. The third-order valence-corrected chi connectivity index (χ3v) is 5.65. The average Bonchev–Trinajstić information content (AvgIpc) is 3.04. The first-order valence-corrected chi connectivity index (χ1v) is 10.0. The van der Waals surface area contributed by atoms with E-state index in [4.69, 9.17) is 0 Å². The van der Waals surface area contributed by atoms with Gasteiger partial charge in [-0.15, -0.1) is 0 Å². The first-order chi connectivity index (χ1) is 14.4. The lowest BCUT2D eigenvalue weighted by atomic mass is 10.0. The van der Waals surface area contributed by atoms with Crippen LogP contribution in [0.3, 0.4) is 0 Å². The number of nitrogens with zero attached hydrogens (tertiary/aromatic N) is 1. The molecule has 2 heterocycles. The van der Waals surface area contributed by atoms with Gasteiger partial charge in [-0.05, 0) is 61.2 Å². The number of benzene rings is 2. The lowest BCUT2D eigenvalue weighted by molar-refractivity contribution is 0.0687. The third-order valence-electron chi connectivity index (χ3n) is 5.65. The number of carboxylic acid groups (broad SMARTS) is 1. The predicted octanol–water partition coefficient (Wildman–Crippen LogP) is 4.92. The van der Waals surface area contributed by atoms with Crippen molar-refractivity contribution in [3.05, 3.63) is 93.0 Å². The molecule has 30 heavy (non-hydrogen) atoms. The van der Waals surface area contributed by atoms with Crippen LogP contribution in [0.2, 0.25) is 0 Å². The Morgan fingerprint density at radius 3 is 2.57 bits per heavy atom. The van der Waals surface area contributed by atoms with Gasteiger partial charge in [-0.1, -0.05) is 36.8 Å². The minimum absolute atomic E-state index is 0.134. The van der Waals surface area contributed by atoms with Crippen LogP contribution in [0, 0.1) is 13.8 Å². The molecule has 0 bridgehead atoms. The number of pyridine rings is 1. The van der Waals surface area contributed by atoms with Crippen LogP contribution < -0.4 is 5.56 Å². The molecule has 0 spiro atoms. The zero-order valence-electron chi connectivity index (χ0n) is 17.3. The fraction of sp³-hybridized carbons (Fsp3) is 0.200. The summed E-state index contributed by atoms with van der Waals surface area (Å²) < 4.78 is 1.82. The Labute approximate surface area is 174 Å². The van der Waals surface area contributed by atoms with Gasteiger partial charge in [0.05, 0.1) is 0 Å². The monoisotopic (exact) mass is 400 g/mol. The maximum absolute atomic E-state index is 12.6. The Hall–Kier alpha value is -3.60. The molecule has 4 rings (SSSR count). The molecule has 0 unspecified atom stereocenters. The molecule has 0 aliphatic carbocycles. The van der Waals surface area contributed by atoms with E-state index in [9.17, 15) is 14.7 Å². The van der Waals surface area contributed by atoms with Crippen molar-refractivity contribution in [3.8, 4) is 11.1 Å². The summed E-state index contributed by atoms with van der Waals surface area (Å²) in [5.74, 6) is -1.05. The molecule has 152 valence electrons. The minimum atomic E-state index is -1.05. The van der Waals surface area contributed by atoms with Gasteiger partial charge in [0.1, 0.15) is 5.69 Å². The summed E-state index contributed by atoms with van der Waals surface area (Å²) in [6, 6.07) is 15.6. The van der Waals surface area contributed by atoms with E-state index in [1.807, 2.05) is 48.7 Å². The second-order valence-corrected chi connectivity index (χ2v) is 7.66. The third kappa shape index (κ3) is 3.32. The van der Waals surface area contributed by atoms with E-state index < -0.39 is 5.97 Å². The molecule has 4 aromatic rings. The second-order valence-electron chi connectivity index (χ2n) is 7.66. The van der Waals surface area contributed by atoms with Gasteiger partial charge >= 0.3 is 5.97 Å². The van der Waals surface area contributed by atoms with Gasteiger partial charge in [0.15, 0.2) is 0 Å². The van der Waals surface area contributed by atoms with Gasteiger partial charge in [-0.3, -0.25) is 4.79 Å². The molecule has 0 amide bonds. The number of rotatable bonds is 5. The van der Waals surface area contributed by atoms with Gasteiger partial charge in [0, 0.05) is 34.8 Å². The number of aromatic carboxylic acids is 1. The Morgan fingerprint density at radius 1 is 1.10 bits per heavy atom. The van der Waals surface area contributed by atoms with E-state index in [0.717, 1.165) is 39.6 Å². The summed E-state index contributed by atoms with van der Waals surface area (Å²) in [6.45, 7) is 6.55. The molecular weight excluding hydrogens is 376 g/mol. The molecule has 5 nitrogen and oxygen atoms in total. The van der Waals surface area contributed by atoms with Crippen LogP contribution in [0.5, 0.6) is 0 Å². The molecule has 0 aliphatic heterocycles. The number of H-pyrrole nitrogens is 1. The van der Waals surface area contributed by atoms with Gasteiger partial charge in [-0.25, -0.2) is 4.79 Å². The molecular formula is C25H24N2O3. The molecule has 2 aromatic heterocycles. The number of aromatic nitrogens is 2. The summed E-state index contributed by atoms with van der Waals surface area (Å²) >= 11 is 0. The summed E-state index contributed by atoms with van der Waals surface area (Å²) in [5.41, 5.74) is 5.90. The highest BCUT2D eigenvalue weighted by Crippen LogP contribution is 2.35. The van der Waals surface area contributed by atoms with Crippen LogP contribution in [-0.2, 0) is 13.0 Å². The Balaban J connectivity index is 2.07. The average molecular weight is 400 g/mol. The Morgan fingerprint density at radius 2 is 1.90 bits per heavy atom. The fourth-order valence-corrected chi connectivity index (χ4v) is 4.09. The van der Waals surface area contributed by atoms with Gasteiger partial charge in [-0.2, -0.15) is 0 Å². The lowest BCUT2D eigenvalue weighted by Crippen LogP contribution is -2.14. The quantitative estimate of drug-likeness (QED) is 0.499. The van der Waals surface area contributed by atoms with Crippen molar-refractivity contribution in [1.29, 1.82) is 0 Å². The van der Waals surface area contributed by atoms with Crippen molar-refractivity contribution in [2.75, 3.05) is 0 Å². The van der Waals surface area contributed by atoms with Crippen LogP contribution >= 0.6 is 0 Å². The standard InChI is InChI=1S/C25H24N2O3/c1-4-17-8-10-21-20(13-17)22(19-6-5-11-26-24(19)28)23(25(29)30)27(21)14-18-9-7-15(2)12-16(18)3/h5-13H,4,14H2,1-3H3,(H,26,28)(H,29,30). The second kappa shape index (κ2) is 7.67. The molecule has 0 aliphatic rings. The van der Waals surface area contributed by atoms with E-state index in [0.29, 0.717) is 17.7 Å². The van der Waals surface area contributed by atoms with E-state index >= 15 is 0 Å². The Bertz CT molecular complexity index is 1330. The van der Waals surface area contributed by atoms with E-state index in [1.165, 1.54) is 0 Å². The normalized spacial score (nSPS) is 11.2. The minimum Gasteiger partial charge on any atom is -0.477 e. The number of nitrogens with one attached hydrogen (secondary N) is 1. The zero-order valence-corrected chi connectivity index (χ0v) is 17.3. The van der Waals surface area contributed by atoms with Crippen LogP contribution in [0.15, 0.2) is 59.5 Å². The number of hydrogen-bond acceptors (Lipinski definition) is 2.